The Labute approximate surface area is 162 Å². The maximum atomic E-state index is 11.9. The minimum atomic E-state index is -0.106. The zero-order chi connectivity index (χ0) is 17.6. The SMILES string of the molecule is O=C(CSCc1ccc(Cl)cc1Cl)NCc1nc(-c2cccs2)no1. The van der Waals surface area contributed by atoms with Crippen molar-refractivity contribution in [2.24, 2.45) is 0 Å². The highest BCUT2D eigenvalue weighted by atomic mass is 35.5. The summed E-state index contributed by atoms with van der Waals surface area (Å²) in [6.07, 6.45) is 0. The quantitative estimate of drug-likeness (QED) is 0.609. The summed E-state index contributed by atoms with van der Waals surface area (Å²) >= 11 is 15.0. The molecule has 1 amide bonds. The number of halogens is 2. The van der Waals surface area contributed by atoms with Crippen LogP contribution in [0.4, 0.5) is 0 Å². The number of thiophene rings is 1. The number of aromatic nitrogens is 2. The molecular weight excluding hydrogens is 401 g/mol. The average Bonchev–Trinajstić information content (AvgIpc) is 3.26. The second-order valence-corrected chi connectivity index (χ2v) is 7.77. The smallest absolute Gasteiger partial charge is 0.246 e. The van der Waals surface area contributed by atoms with Gasteiger partial charge in [-0.2, -0.15) is 4.98 Å². The third-order valence-electron chi connectivity index (χ3n) is 3.15. The average molecular weight is 414 g/mol. The molecule has 0 bridgehead atoms. The molecule has 1 aromatic carbocycles. The van der Waals surface area contributed by atoms with Gasteiger partial charge in [0.2, 0.25) is 17.6 Å². The molecule has 0 aliphatic rings. The van der Waals surface area contributed by atoms with E-state index < -0.39 is 0 Å². The highest BCUT2D eigenvalue weighted by Gasteiger charge is 2.11. The Morgan fingerprint density at radius 1 is 1.32 bits per heavy atom. The van der Waals surface area contributed by atoms with Crippen LogP contribution in [0, 0.1) is 0 Å². The Bertz CT molecular complexity index is 853. The van der Waals surface area contributed by atoms with Crippen LogP contribution in [0.3, 0.4) is 0 Å². The van der Waals surface area contributed by atoms with Gasteiger partial charge in [-0.1, -0.05) is 40.5 Å². The first-order chi connectivity index (χ1) is 12.1. The van der Waals surface area contributed by atoms with E-state index in [9.17, 15) is 4.79 Å². The number of benzene rings is 1. The van der Waals surface area contributed by atoms with Crippen LogP contribution >= 0.6 is 46.3 Å². The van der Waals surface area contributed by atoms with Crippen LogP contribution in [0.5, 0.6) is 0 Å². The second kappa shape index (κ2) is 8.71. The number of carbonyl (C=O) groups is 1. The first-order valence-electron chi connectivity index (χ1n) is 7.26. The highest BCUT2D eigenvalue weighted by molar-refractivity contribution is 7.99. The van der Waals surface area contributed by atoms with Gasteiger partial charge in [0.25, 0.3) is 0 Å². The second-order valence-electron chi connectivity index (χ2n) is 4.99. The molecule has 9 heteroatoms. The van der Waals surface area contributed by atoms with Gasteiger partial charge in [-0.05, 0) is 29.1 Å². The van der Waals surface area contributed by atoms with Crippen LogP contribution < -0.4 is 5.32 Å². The van der Waals surface area contributed by atoms with Crippen molar-refractivity contribution >= 4 is 52.2 Å². The van der Waals surface area contributed by atoms with E-state index in [0.29, 0.717) is 33.3 Å². The van der Waals surface area contributed by atoms with Crippen LogP contribution in [0.25, 0.3) is 10.7 Å². The summed E-state index contributed by atoms with van der Waals surface area (Å²) in [5.74, 6) is 1.75. The molecule has 0 spiro atoms. The van der Waals surface area contributed by atoms with Crippen molar-refractivity contribution in [1.29, 1.82) is 0 Å². The topological polar surface area (TPSA) is 68.0 Å². The maximum Gasteiger partial charge on any atom is 0.246 e. The van der Waals surface area contributed by atoms with E-state index in [0.717, 1.165) is 10.4 Å². The van der Waals surface area contributed by atoms with E-state index in [-0.39, 0.29) is 12.5 Å². The van der Waals surface area contributed by atoms with Crippen LogP contribution in [0.1, 0.15) is 11.5 Å². The number of hydrogen-bond acceptors (Lipinski definition) is 6. The standard InChI is InChI=1S/C16H13Cl2N3O2S2/c17-11-4-3-10(12(18)6-11)8-24-9-14(22)19-7-15-20-16(21-23-15)13-2-1-5-25-13/h1-6H,7-9H2,(H,19,22). The van der Waals surface area contributed by atoms with E-state index in [1.54, 1.807) is 12.1 Å². The number of carbonyl (C=O) groups excluding carboxylic acids is 1. The van der Waals surface area contributed by atoms with Gasteiger partial charge >= 0.3 is 0 Å². The fraction of sp³-hybridized carbons (Fsp3) is 0.188. The van der Waals surface area contributed by atoms with Crippen molar-refractivity contribution in [3.05, 3.63) is 57.2 Å². The third kappa shape index (κ3) is 5.22. The molecule has 2 aromatic heterocycles. The molecule has 0 radical (unpaired) electrons. The lowest BCUT2D eigenvalue weighted by Crippen LogP contribution is -2.24. The summed E-state index contributed by atoms with van der Waals surface area (Å²) in [6, 6.07) is 9.17. The zero-order valence-electron chi connectivity index (χ0n) is 12.9. The fourth-order valence-electron chi connectivity index (χ4n) is 1.95. The van der Waals surface area contributed by atoms with E-state index in [2.05, 4.69) is 15.5 Å². The predicted molar refractivity (Wildman–Crippen MR) is 102 cm³/mol. The molecule has 0 unspecified atom stereocenters. The fourth-order valence-corrected chi connectivity index (χ4v) is 4.02. The summed E-state index contributed by atoms with van der Waals surface area (Å²) in [6.45, 7) is 0.208. The number of thioether (sulfide) groups is 1. The maximum absolute atomic E-state index is 11.9. The molecule has 0 fully saturated rings. The molecule has 0 aliphatic heterocycles. The van der Waals surface area contributed by atoms with Crippen LogP contribution in [0.15, 0.2) is 40.2 Å². The normalized spacial score (nSPS) is 10.8. The van der Waals surface area contributed by atoms with Crippen LogP contribution in [0.2, 0.25) is 10.0 Å². The molecule has 0 saturated heterocycles. The Morgan fingerprint density at radius 3 is 2.96 bits per heavy atom. The summed E-state index contributed by atoms with van der Waals surface area (Å²) in [7, 11) is 0. The molecule has 3 aromatic rings. The van der Waals surface area contributed by atoms with Gasteiger partial charge in [0, 0.05) is 15.8 Å². The van der Waals surface area contributed by atoms with Gasteiger partial charge < -0.3 is 9.84 Å². The summed E-state index contributed by atoms with van der Waals surface area (Å²) in [5.41, 5.74) is 0.946. The first kappa shape index (κ1) is 18.3. The predicted octanol–water partition coefficient (Wildman–Crippen LogP) is 4.65. The van der Waals surface area contributed by atoms with Crippen molar-refractivity contribution in [3.8, 4) is 10.7 Å². The monoisotopic (exact) mass is 413 g/mol. The zero-order valence-corrected chi connectivity index (χ0v) is 16.0. The molecule has 25 heavy (non-hydrogen) atoms. The Hall–Kier alpha value is -1.54. The molecule has 5 nitrogen and oxygen atoms in total. The lowest BCUT2D eigenvalue weighted by atomic mass is 10.2. The van der Waals surface area contributed by atoms with Crippen molar-refractivity contribution in [3.63, 3.8) is 0 Å². The van der Waals surface area contributed by atoms with Gasteiger partial charge in [0.1, 0.15) is 0 Å². The summed E-state index contributed by atoms with van der Waals surface area (Å²) in [4.78, 5) is 17.1. The molecule has 2 heterocycles. The molecular formula is C16H13Cl2N3O2S2. The number of amides is 1. The van der Waals surface area contributed by atoms with Crippen LogP contribution in [-0.2, 0) is 17.1 Å². The van der Waals surface area contributed by atoms with Gasteiger partial charge in [0.05, 0.1) is 17.2 Å². The summed E-state index contributed by atoms with van der Waals surface area (Å²) < 4.78 is 5.13. The lowest BCUT2D eigenvalue weighted by Gasteiger charge is -2.05. The summed E-state index contributed by atoms with van der Waals surface area (Å²) in [5, 5.41) is 9.80. The number of nitrogens with zero attached hydrogens (tertiary/aromatic N) is 2. The molecule has 0 atom stereocenters. The minimum Gasteiger partial charge on any atom is -0.346 e. The van der Waals surface area contributed by atoms with Gasteiger partial charge in [-0.25, -0.2) is 0 Å². The Kier molecular flexibility index (Phi) is 6.36. The molecule has 0 saturated carbocycles. The molecule has 130 valence electrons. The van der Waals surface area contributed by atoms with Crippen molar-refractivity contribution < 1.29 is 9.32 Å². The van der Waals surface area contributed by atoms with Crippen molar-refractivity contribution in [1.82, 2.24) is 15.5 Å². The lowest BCUT2D eigenvalue weighted by molar-refractivity contribution is -0.118. The first-order valence-corrected chi connectivity index (χ1v) is 10.1. The highest BCUT2D eigenvalue weighted by Crippen LogP contribution is 2.24. The molecule has 3 rings (SSSR count). The largest absolute Gasteiger partial charge is 0.346 e. The van der Waals surface area contributed by atoms with Gasteiger partial charge in [-0.3, -0.25) is 4.79 Å². The van der Waals surface area contributed by atoms with Crippen molar-refractivity contribution in [2.45, 2.75) is 12.3 Å². The Morgan fingerprint density at radius 2 is 2.20 bits per heavy atom. The Balaban J connectivity index is 1.42. The van der Waals surface area contributed by atoms with Gasteiger partial charge in [-0.15, -0.1) is 23.1 Å². The number of nitrogens with one attached hydrogen (secondary N) is 1. The number of hydrogen-bond donors (Lipinski definition) is 1. The third-order valence-corrected chi connectivity index (χ3v) is 5.59. The van der Waals surface area contributed by atoms with Crippen molar-refractivity contribution in [2.75, 3.05) is 5.75 Å². The van der Waals surface area contributed by atoms with Gasteiger partial charge in [0.15, 0.2) is 0 Å². The molecule has 0 aliphatic carbocycles. The number of rotatable bonds is 7. The van der Waals surface area contributed by atoms with E-state index in [1.807, 2.05) is 23.6 Å². The van der Waals surface area contributed by atoms with Crippen LogP contribution in [-0.4, -0.2) is 21.8 Å². The van der Waals surface area contributed by atoms with E-state index in [4.69, 9.17) is 27.7 Å². The molecule has 1 N–H and O–H groups in total. The minimum absolute atomic E-state index is 0.106. The van der Waals surface area contributed by atoms with E-state index >= 15 is 0 Å². The van der Waals surface area contributed by atoms with E-state index in [1.165, 1.54) is 23.1 Å².